The molecule has 1 fully saturated rings. The lowest BCUT2D eigenvalue weighted by atomic mass is 10.1. The third-order valence-corrected chi connectivity index (χ3v) is 12.1. The third kappa shape index (κ3) is 4.36. The lowest BCUT2D eigenvalue weighted by Gasteiger charge is -2.43. The molecule has 0 saturated carbocycles. The maximum atomic E-state index is 11.0. The third-order valence-electron chi connectivity index (χ3n) is 7.09. The lowest BCUT2D eigenvalue weighted by molar-refractivity contribution is -0.0486. The molecule has 4 N–H and O–H groups in total. The second kappa shape index (κ2) is 10.1. The number of aromatic nitrogens is 4. The molecule has 0 spiro atoms. The number of aliphatic hydroxyl groups is 2. The largest absolute Gasteiger partial charge is 0.479 e. The monoisotopic (exact) mass is 535 g/mol. The van der Waals surface area contributed by atoms with Crippen molar-refractivity contribution in [1.29, 1.82) is 0 Å². The molecule has 200 valence electrons. The Morgan fingerprint density at radius 3 is 2.13 bits per heavy atom. The molecule has 10 nitrogen and oxygen atoms in total. The summed E-state index contributed by atoms with van der Waals surface area (Å²) >= 11 is 0. The molecule has 1 saturated heterocycles. The number of fused-ring (bicyclic) bond motifs is 1. The number of nitrogens with two attached hydrogens (primary N) is 1. The zero-order chi connectivity index (χ0) is 27.1. The van der Waals surface area contributed by atoms with Crippen LogP contribution in [0.2, 0.25) is 5.04 Å². The van der Waals surface area contributed by atoms with Gasteiger partial charge in [0.2, 0.25) is 11.8 Å². The van der Waals surface area contributed by atoms with E-state index in [1.165, 1.54) is 18.0 Å². The number of nitrogen functional groups attached to an aromatic ring is 1. The van der Waals surface area contributed by atoms with Crippen LogP contribution < -0.4 is 20.8 Å². The van der Waals surface area contributed by atoms with Crippen molar-refractivity contribution in [3.05, 3.63) is 67.0 Å². The van der Waals surface area contributed by atoms with Crippen molar-refractivity contribution in [1.82, 2.24) is 19.5 Å². The molecular formula is C27H33N5O5Si. The van der Waals surface area contributed by atoms with Crippen LogP contribution in [0, 0.1) is 0 Å². The molecule has 0 radical (unpaired) electrons. The van der Waals surface area contributed by atoms with E-state index >= 15 is 0 Å². The Kier molecular flexibility index (Phi) is 6.97. The standard InChI is InChI=1S/C27H33N5O5Si/c1-27(2,3)38(17-11-7-5-8-12-17,18-13-9-6-10-14-18)36-15-19-21(33)22(34)25(37-19)32-16-29-20-23(32)30-26(28)31-24(20)35-4/h5-14,16,19,21-22,25,33-34H,15H2,1-4H3,(H2,28,30,31)/t19-,21-,22-,25-/m1/s1. The molecule has 11 heteroatoms. The van der Waals surface area contributed by atoms with Gasteiger partial charge in [0.1, 0.15) is 18.3 Å². The summed E-state index contributed by atoms with van der Waals surface area (Å²) in [6.45, 7) is 6.61. The highest BCUT2D eigenvalue weighted by atomic mass is 28.4. The summed E-state index contributed by atoms with van der Waals surface area (Å²) in [6, 6.07) is 20.4. The Bertz CT molecular complexity index is 1360. The number of anilines is 1. The Labute approximate surface area is 222 Å². The summed E-state index contributed by atoms with van der Waals surface area (Å²) in [4.78, 5) is 12.6. The average Bonchev–Trinajstić information content (AvgIpc) is 3.45. The van der Waals surface area contributed by atoms with E-state index < -0.39 is 32.9 Å². The van der Waals surface area contributed by atoms with Gasteiger partial charge in [-0.1, -0.05) is 81.4 Å². The SMILES string of the molecule is COc1nc(N)nc2c1ncn2[C@@H]1O[C@H](CO[Si](c2ccccc2)(c2ccccc2)C(C)(C)C)[C@@H](O)[C@H]1O. The van der Waals surface area contributed by atoms with Crippen molar-refractivity contribution >= 4 is 35.8 Å². The highest BCUT2D eigenvalue weighted by Crippen LogP contribution is 2.38. The van der Waals surface area contributed by atoms with Gasteiger partial charge in [-0.05, 0) is 15.4 Å². The Morgan fingerprint density at radius 2 is 1.58 bits per heavy atom. The van der Waals surface area contributed by atoms with Crippen molar-refractivity contribution in [3.63, 3.8) is 0 Å². The van der Waals surface area contributed by atoms with Crippen molar-refractivity contribution < 1.29 is 24.1 Å². The van der Waals surface area contributed by atoms with E-state index in [9.17, 15) is 10.2 Å². The Balaban J connectivity index is 1.48. The van der Waals surface area contributed by atoms with E-state index in [1.54, 1.807) is 0 Å². The molecule has 0 aliphatic carbocycles. The van der Waals surface area contributed by atoms with Crippen LogP contribution in [0.1, 0.15) is 27.0 Å². The van der Waals surface area contributed by atoms with Gasteiger partial charge < -0.3 is 29.8 Å². The highest BCUT2D eigenvalue weighted by Gasteiger charge is 2.52. The minimum atomic E-state index is -2.87. The van der Waals surface area contributed by atoms with E-state index in [1.807, 2.05) is 36.4 Å². The molecule has 5 rings (SSSR count). The number of aliphatic hydroxyl groups excluding tert-OH is 2. The first-order valence-corrected chi connectivity index (χ1v) is 14.4. The van der Waals surface area contributed by atoms with Crippen LogP contribution in [0.15, 0.2) is 67.0 Å². The molecule has 2 aromatic heterocycles. The minimum Gasteiger partial charge on any atom is -0.479 e. The second-order valence-corrected chi connectivity index (χ2v) is 14.7. The first-order valence-electron chi connectivity index (χ1n) is 12.5. The normalized spacial score (nSPS) is 22.2. The fourth-order valence-corrected chi connectivity index (χ4v) is 9.87. The Hall–Kier alpha value is -3.35. The average molecular weight is 536 g/mol. The van der Waals surface area contributed by atoms with Crippen molar-refractivity contribution in [2.24, 2.45) is 0 Å². The van der Waals surface area contributed by atoms with Gasteiger partial charge in [-0.15, -0.1) is 0 Å². The van der Waals surface area contributed by atoms with Crippen molar-refractivity contribution in [2.75, 3.05) is 19.5 Å². The molecule has 0 amide bonds. The maximum Gasteiger partial charge on any atom is 0.261 e. The van der Waals surface area contributed by atoms with Crippen LogP contribution in [0.4, 0.5) is 5.95 Å². The van der Waals surface area contributed by atoms with E-state index in [0.717, 1.165) is 10.4 Å². The van der Waals surface area contributed by atoms with Gasteiger partial charge in [-0.3, -0.25) is 4.57 Å². The molecule has 4 aromatic rings. The van der Waals surface area contributed by atoms with Gasteiger partial charge in [0.05, 0.1) is 20.0 Å². The van der Waals surface area contributed by atoms with Crippen LogP contribution in [-0.4, -0.2) is 70.1 Å². The molecule has 2 aromatic carbocycles. The summed E-state index contributed by atoms with van der Waals surface area (Å²) in [5, 5.41) is 24.0. The van der Waals surface area contributed by atoms with Gasteiger partial charge >= 0.3 is 0 Å². The second-order valence-electron chi connectivity index (χ2n) is 10.4. The van der Waals surface area contributed by atoms with Crippen LogP contribution in [0.5, 0.6) is 5.88 Å². The van der Waals surface area contributed by atoms with Crippen molar-refractivity contribution in [2.45, 2.75) is 50.3 Å². The van der Waals surface area contributed by atoms with Crippen LogP contribution in [0.25, 0.3) is 11.2 Å². The number of rotatable bonds is 7. The maximum absolute atomic E-state index is 11.0. The first kappa shape index (κ1) is 26.3. The van der Waals surface area contributed by atoms with Crippen LogP contribution in [-0.2, 0) is 9.16 Å². The molecule has 1 aliphatic rings. The van der Waals surface area contributed by atoms with Gasteiger partial charge in [0.15, 0.2) is 17.4 Å². The lowest BCUT2D eigenvalue weighted by Crippen LogP contribution is -2.67. The first-order chi connectivity index (χ1) is 18.2. The van der Waals surface area contributed by atoms with Crippen LogP contribution in [0.3, 0.4) is 0 Å². The van der Waals surface area contributed by atoms with E-state index in [4.69, 9.17) is 19.6 Å². The minimum absolute atomic E-state index is 0.00398. The van der Waals surface area contributed by atoms with E-state index in [-0.39, 0.29) is 23.5 Å². The molecule has 1 aliphatic heterocycles. The quantitative estimate of drug-likeness (QED) is 0.301. The Morgan fingerprint density at radius 1 is 0.974 bits per heavy atom. The fraction of sp³-hybridized carbons (Fsp3) is 0.370. The number of ether oxygens (including phenoxy) is 2. The van der Waals surface area contributed by atoms with Gasteiger partial charge in [-0.25, -0.2) is 4.98 Å². The molecule has 38 heavy (non-hydrogen) atoms. The van der Waals surface area contributed by atoms with Gasteiger partial charge in [0.25, 0.3) is 8.32 Å². The summed E-state index contributed by atoms with van der Waals surface area (Å²) < 4.78 is 19.9. The summed E-state index contributed by atoms with van der Waals surface area (Å²) in [6.07, 6.45) is -2.73. The number of imidazole rings is 1. The van der Waals surface area contributed by atoms with E-state index in [0.29, 0.717) is 11.2 Å². The number of hydrogen-bond acceptors (Lipinski definition) is 9. The number of hydrogen-bond donors (Lipinski definition) is 3. The molecule has 0 bridgehead atoms. The van der Waals surface area contributed by atoms with Gasteiger partial charge in [0, 0.05) is 0 Å². The molecular weight excluding hydrogens is 502 g/mol. The number of benzene rings is 2. The summed E-state index contributed by atoms with van der Waals surface area (Å²) in [5.74, 6) is 0.210. The fourth-order valence-electron chi connectivity index (χ4n) is 5.30. The van der Waals surface area contributed by atoms with Crippen molar-refractivity contribution in [3.8, 4) is 5.88 Å². The van der Waals surface area contributed by atoms with Crippen LogP contribution >= 0.6 is 0 Å². The molecule has 4 atom stereocenters. The molecule has 3 heterocycles. The summed E-state index contributed by atoms with van der Waals surface area (Å²) in [7, 11) is -1.40. The topological polar surface area (TPSA) is 138 Å². The highest BCUT2D eigenvalue weighted by molar-refractivity contribution is 6.99. The molecule has 0 unspecified atom stereocenters. The van der Waals surface area contributed by atoms with Gasteiger partial charge in [-0.2, -0.15) is 9.97 Å². The smallest absolute Gasteiger partial charge is 0.261 e. The zero-order valence-corrected chi connectivity index (χ0v) is 22.9. The predicted molar refractivity (Wildman–Crippen MR) is 146 cm³/mol. The predicted octanol–water partition coefficient (Wildman–Crippen LogP) is 1.61. The summed E-state index contributed by atoms with van der Waals surface area (Å²) in [5.41, 5.74) is 6.56. The zero-order valence-electron chi connectivity index (χ0n) is 21.9. The van der Waals surface area contributed by atoms with E-state index in [2.05, 4.69) is 60.0 Å². The number of nitrogens with zero attached hydrogens (tertiary/aromatic N) is 4. The number of methoxy groups -OCH3 is 1.